The molecule has 0 aromatic heterocycles. The molecule has 0 bridgehead atoms. The molecule has 0 saturated heterocycles. The largest absolute Gasteiger partial charge is 0.271 e. The highest BCUT2D eigenvalue weighted by Gasteiger charge is 2.20. The van der Waals surface area contributed by atoms with Crippen molar-refractivity contribution >= 4 is 15.9 Å². The molecule has 0 spiro atoms. The summed E-state index contributed by atoms with van der Waals surface area (Å²) in [7, 11) is 0. The molecule has 2 aromatic rings. The van der Waals surface area contributed by atoms with Crippen LogP contribution in [0, 0.1) is 17.5 Å². The van der Waals surface area contributed by atoms with E-state index >= 15 is 0 Å². The highest BCUT2D eigenvalue weighted by atomic mass is 79.9. The van der Waals surface area contributed by atoms with Gasteiger partial charge in [0.25, 0.3) is 0 Å². The number of nitrogens with two attached hydrogens (primary N) is 1. The van der Waals surface area contributed by atoms with Crippen LogP contribution in [0.1, 0.15) is 17.2 Å². The van der Waals surface area contributed by atoms with Crippen LogP contribution in [-0.4, -0.2) is 0 Å². The lowest BCUT2D eigenvalue weighted by atomic mass is 9.98. The van der Waals surface area contributed by atoms with E-state index < -0.39 is 23.5 Å². The Kier molecular flexibility index (Phi) is 4.24. The summed E-state index contributed by atoms with van der Waals surface area (Å²) in [6.45, 7) is 0. The fraction of sp³-hybridized carbons (Fsp3) is 0.0769. The number of nitrogens with one attached hydrogen (secondary N) is 1. The highest BCUT2D eigenvalue weighted by molar-refractivity contribution is 9.10. The summed E-state index contributed by atoms with van der Waals surface area (Å²) in [5.41, 5.74) is 2.58. The zero-order chi connectivity index (χ0) is 14.0. The monoisotopic (exact) mass is 330 g/mol. The first-order valence-corrected chi connectivity index (χ1v) is 6.18. The van der Waals surface area contributed by atoms with Gasteiger partial charge in [-0.3, -0.25) is 5.84 Å². The van der Waals surface area contributed by atoms with Gasteiger partial charge in [0.1, 0.15) is 17.5 Å². The zero-order valence-electron chi connectivity index (χ0n) is 9.63. The normalized spacial score (nSPS) is 12.5. The molecule has 2 nitrogen and oxygen atoms in total. The summed E-state index contributed by atoms with van der Waals surface area (Å²) < 4.78 is 41.0. The van der Waals surface area contributed by atoms with Gasteiger partial charge >= 0.3 is 0 Å². The molecule has 2 rings (SSSR count). The van der Waals surface area contributed by atoms with E-state index in [-0.39, 0.29) is 11.1 Å². The van der Waals surface area contributed by atoms with E-state index in [0.29, 0.717) is 4.47 Å². The molecule has 6 heteroatoms. The Balaban J connectivity index is 2.52. The second-order valence-corrected chi connectivity index (χ2v) is 4.85. The molecule has 0 heterocycles. The quantitative estimate of drug-likeness (QED) is 0.668. The van der Waals surface area contributed by atoms with Gasteiger partial charge in [-0.1, -0.05) is 22.0 Å². The van der Waals surface area contributed by atoms with Crippen molar-refractivity contribution in [3.8, 4) is 0 Å². The third kappa shape index (κ3) is 2.97. The molecular weight excluding hydrogens is 321 g/mol. The van der Waals surface area contributed by atoms with Crippen LogP contribution < -0.4 is 11.3 Å². The van der Waals surface area contributed by atoms with Crippen LogP contribution in [0.2, 0.25) is 0 Å². The van der Waals surface area contributed by atoms with E-state index in [2.05, 4.69) is 21.4 Å². The first-order valence-electron chi connectivity index (χ1n) is 5.39. The van der Waals surface area contributed by atoms with Crippen molar-refractivity contribution in [1.29, 1.82) is 0 Å². The SMILES string of the molecule is NNC(c1ccc(F)cc1F)c1cc(Br)ccc1F. The first-order chi connectivity index (χ1) is 9.02. The summed E-state index contributed by atoms with van der Waals surface area (Å²) in [4.78, 5) is 0. The molecule has 0 radical (unpaired) electrons. The Morgan fingerprint density at radius 1 is 0.947 bits per heavy atom. The smallest absolute Gasteiger partial charge is 0.131 e. The van der Waals surface area contributed by atoms with E-state index in [4.69, 9.17) is 5.84 Å². The minimum absolute atomic E-state index is 0.0703. The molecule has 19 heavy (non-hydrogen) atoms. The second-order valence-electron chi connectivity index (χ2n) is 3.93. The van der Waals surface area contributed by atoms with Crippen LogP contribution >= 0.6 is 15.9 Å². The van der Waals surface area contributed by atoms with E-state index in [1.165, 1.54) is 24.3 Å². The van der Waals surface area contributed by atoms with Gasteiger partial charge in [-0.25, -0.2) is 18.6 Å². The number of hydrazine groups is 1. The highest BCUT2D eigenvalue weighted by Crippen LogP contribution is 2.28. The fourth-order valence-corrected chi connectivity index (χ4v) is 2.20. The Hall–Kier alpha value is -1.37. The Labute approximate surface area is 116 Å². The molecule has 0 aliphatic heterocycles. The molecule has 1 atom stereocenters. The molecule has 2 aromatic carbocycles. The third-order valence-electron chi connectivity index (χ3n) is 2.71. The minimum atomic E-state index is -0.905. The van der Waals surface area contributed by atoms with Gasteiger partial charge in [0.05, 0.1) is 6.04 Å². The number of rotatable bonds is 3. The Morgan fingerprint density at radius 3 is 2.32 bits per heavy atom. The molecule has 3 N–H and O–H groups in total. The molecule has 0 aliphatic rings. The van der Waals surface area contributed by atoms with Gasteiger partial charge in [0.2, 0.25) is 0 Å². The van der Waals surface area contributed by atoms with Crippen molar-refractivity contribution in [2.75, 3.05) is 0 Å². The van der Waals surface area contributed by atoms with E-state index in [9.17, 15) is 13.2 Å². The molecule has 1 unspecified atom stereocenters. The van der Waals surface area contributed by atoms with Crippen molar-refractivity contribution in [2.45, 2.75) is 6.04 Å². The summed E-state index contributed by atoms with van der Waals surface area (Å²) in [6, 6.07) is 6.41. The summed E-state index contributed by atoms with van der Waals surface area (Å²) in [5, 5.41) is 0. The van der Waals surface area contributed by atoms with Gasteiger partial charge < -0.3 is 0 Å². The van der Waals surface area contributed by atoms with Crippen molar-refractivity contribution in [3.63, 3.8) is 0 Å². The lowest BCUT2D eigenvalue weighted by molar-refractivity contribution is 0.522. The van der Waals surface area contributed by atoms with Gasteiger partial charge in [0, 0.05) is 21.7 Å². The maximum Gasteiger partial charge on any atom is 0.131 e. The molecule has 0 amide bonds. The van der Waals surface area contributed by atoms with Gasteiger partial charge in [-0.15, -0.1) is 0 Å². The summed E-state index contributed by atoms with van der Waals surface area (Å²) in [6.07, 6.45) is 0. The van der Waals surface area contributed by atoms with Crippen molar-refractivity contribution in [2.24, 2.45) is 5.84 Å². The average molecular weight is 331 g/mol. The third-order valence-corrected chi connectivity index (χ3v) is 3.20. The average Bonchev–Trinajstić information content (AvgIpc) is 2.36. The lowest BCUT2D eigenvalue weighted by Gasteiger charge is -2.18. The van der Waals surface area contributed by atoms with Crippen molar-refractivity contribution in [3.05, 3.63) is 69.4 Å². The van der Waals surface area contributed by atoms with Crippen LogP contribution in [0.4, 0.5) is 13.2 Å². The Morgan fingerprint density at radius 2 is 1.68 bits per heavy atom. The molecule has 100 valence electrons. The first kappa shape index (κ1) is 14.0. The minimum Gasteiger partial charge on any atom is -0.271 e. The number of hydrogen-bond donors (Lipinski definition) is 2. The number of hydrogen-bond acceptors (Lipinski definition) is 2. The van der Waals surface area contributed by atoms with Crippen LogP contribution in [0.3, 0.4) is 0 Å². The number of benzene rings is 2. The van der Waals surface area contributed by atoms with Gasteiger partial charge in [-0.2, -0.15) is 0 Å². The summed E-state index contributed by atoms with van der Waals surface area (Å²) >= 11 is 3.21. The van der Waals surface area contributed by atoms with Crippen molar-refractivity contribution < 1.29 is 13.2 Å². The van der Waals surface area contributed by atoms with Crippen LogP contribution in [-0.2, 0) is 0 Å². The van der Waals surface area contributed by atoms with Crippen LogP contribution in [0.5, 0.6) is 0 Å². The van der Waals surface area contributed by atoms with E-state index in [1.54, 1.807) is 0 Å². The molecule has 0 saturated carbocycles. The molecule has 0 aliphatic carbocycles. The molecular formula is C13H10BrF3N2. The number of halogens is 4. The predicted molar refractivity (Wildman–Crippen MR) is 69.6 cm³/mol. The van der Waals surface area contributed by atoms with E-state index in [0.717, 1.165) is 12.1 Å². The predicted octanol–water partition coefficient (Wildman–Crippen LogP) is 3.42. The maximum absolute atomic E-state index is 13.8. The lowest BCUT2D eigenvalue weighted by Crippen LogP contribution is -2.30. The van der Waals surface area contributed by atoms with Crippen LogP contribution in [0.25, 0.3) is 0 Å². The maximum atomic E-state index is 13.8. The van der Waals surface area contributed by atoms with Gasteiger partial charge in [0.15, 0.2) is 0 Å². The van der Waals surface area contributed by atoms with E-state index in [1.807, 2.05) is 0 Å². The fourth-order valence-electron chi connectivity index (χ4n) is 1.82. The molecule has 0 fully saturated rings. The van der Waals surface area contributed by atoms with Crippen molar-refractivity contribution in [1.82, 2.24) is 5.43 Å². The zero-order valence-corrected chi connectivity index (χ0v) is 11.2. The van der Waals surface area contributed by atoms with Gasteiger partial charge in [-0.05, 0) is 24.3 Å². The standard InChI is InChI=1S/C13H10BrF3N2/c14-7-1-4-11(16)10(5-7)13(19-18)9-3-2-8(15)6-12(9)17/h1-6,13,19H,18H2. The Bertz CT molecular complexity index is 604. The topological polar surface area (TPSA) is 38.0 Å². The second kappa shape index (κ2) is 5.73. The van der Waals surface area contributed by atoms with Crippen LogP contribution in [0.15, 0.2) is 40.9 Å². The summed E-state index contributed by atoms with van der Waals surface area (Å²) in [5.74, 6) is 3.35.